The topological polar surface area (TPSA) is 101 Å². The quantitative estimate of drug-likeness (QED) is 0.167. The summed E-state index contributed by atoms with van der Waals surface area (Å²) < 4.78 is 1.92. The molecular weight excluding hydrogens is 548 g/mol. The van der Waals surface area contributed by atoms with E-state index in [1.54, 1.807) is 12.3 Å². The first kappa shape index (κ1) is 28.4. The normalized spacial score (nSPS) is 12.0. The van der Waals surface area contributed by atoms with E-state index in [9.17, 15) is 9.59 Å². The average Bonchev–Trinajstić information content (AvgIpc) is 3.40. The Hall–Kier alpha value is -5.76. The largest absolute Gasteiger partial charge is 0.331 e. The van der Waals surface area contributed by atoms with Crippen LogP contribution < -0.4 is 16.0 Å². The van der Waals surface area contributed by atoms with Crippen molar-refractivity contribution in [2.75, 3.05) is 10.6 Å². The molecule has 0 bridgehead atoms. The van der Waals surface area contributed by atoms with Crippen LogP contribution in [-0.4, -0.2) is 26.7 Å². The number of rotatable bonds is 8. The fourth-order valence-corrected chi connectivity index (χ4v) is 5.67. The van der Waals surface area contributed by atoms with Gasteiger partial charge >= 0.3 is 6.03 Å². The average molecular weight is 581 g/mol. The first-order chi connectivity index (χ1) is 21.5. The molecule has 4 aromatic carbocycles. The fourth-order valence-electron chi connectivity index (χ4n) is 5.67. The van der Waals surface area contributed by atoms with Crippen molar-refractivity contribution in [3.05, 3.63) is 156 Å². The number of nitrogens with one attached hydrogen (secondary N) is 3. The number of amides is 3. The highest BCUT2D eigenvalue weighted by Crippen LogP contribution is 2.43. The van der Waals surface area contributed by atoms with Gasteiger partial charge < -0.3 is 10.6 Å². The molecule has 0 saturated heterocycles. The third-order valence-electron chi connectivity index (χ3n) is 7.64. The van der Waals surface area contributed by atoms with Crippen molar-refractivity contribution in [1.29, 1.82) is 0 Å². The van der Waals surface area contributed by atoms with Crippen molar-refractivity contribution < 1.29 is 9.59 Å². The SMILES string of the molecule is CC(=O)Nc1nn(C(c2ccccc2)(c2ccccc2)c2ccccc2)c2cc(NC(=O)NC(C)c3ccccc3)ncc12. The number of carbonyl (C=O) groups is 2. The minimum absolute atomic E-state index is 0.210. The van der Waals surface area contributed by atoms with E-state index in [1.807, 2.05) is 96.5 Å². The van der Waals surface area contributed by atoms with Gasteiger partial charge in [-0.1, -0.05) is 121 Å². The third kappa shape index (κ3) is 5.41. The molecule has 1 atom stereocenters. The summed E-state index contributed by atoms with van der Waals surface area (Å²) in [5, 5.41) is 14.4. The molecule has 44 heavy (non-hydrogen) atoms. The molecule has 0 spiro atoms. The van der Waals surface area contributed by atoms with Gasteiger partial charge in [0.15, 0.2) is 5.82 Å². The highest BCUT2D eigenvalue weighted by Gasteiger charge is 2.41. The number of benzene rings is 4. The van der Waals surface area contributed by atoms with Crippen molar-refractivity contribution in [1.82, 2.24) is 20.1 Å². The molecule has 6 aromatic rings. The summed E-state index contributed by atoms with van der Waals surface area (Å²) >= 11 is 0. The van der Waals surface area contributed by atoms with Crippen LogP contribution in [0.5, 0.6) is 0 Å². The fraction of sp³-hybridized carbons (Fsp3) is 0.111. The summed E-state index contributed by atoms with van der Waals surface area (Å²) in [6, 6.07) is 41.4. The van der Waals surface area contributed by atoms with Crippen LogP contribution in [0.4, 0.5) is 16.4 Å². The highest BCUT2D eigenvalue weighted by atomic mass is 16.2. The number of pyridine rings is 1. The van der Waals surface area contributed by atoms with Gasteiger partial charge in [0.1, 0.15) is 11.4 Å². The number of hydrogen-bond donors (Lipinski definition) is 3. The number of aromatic nitrogens is 3. The van der Waals surface area contributed by atoms with E-state index in [1.165, 1.54) is 6.92 Å². The summed E-state index contributed by atoms with van der Waals surface area (Å²) in [5.74, 6) is 0.465. The summed E-state index contributed by atoms with van der Waals surface area (Å²) in [6.45, 7) is 3.37. The van der Waals surface area contributed by atoms with E-state index in [2.05, 4.69) is 57.3 Å². The zero-order chi connectivity index (χ0) is 30.5. The molecule has 2 aromatic heterocycles. The lowest BCUT2D eigenvalue weighted by Crippen LogP contribution is -2.38. The Morgan fingerprint density at radius 3 is 1.73 bits per heavy atom. The van der Waals surface area contributed by atoms with Crippen LogP contribution in [-0.2, 0) is 10.3 Å². The summed E-state index contributed by atoms with van der Waals surface area (Å²) in [4.78, 5) is 29.9. The molecule has 3 N–H and O–H groups in total. The molecule has 0 saturated carbocycles. The van der Waals surface area contributed by atoms with E-state index in [4.69, 9.17) is 5.10 Å². The molecule has 8 nitrogen and oxygen atoms in total. The summed E-state index contributed by atoms with van der Waals surface area (Å²) in [5.41, 5.74) is 3.63. The predicted molar refractivity (Wildman–Crippen MR) is 173 cm³/mol. The van der Waals surface area contributed by atoms with Gasteiger partial charge in [0.05, 0.1) is 16.9 Å². The summed E-state index contributed by atoms with van der Waals surface area (Å²) in [7, 11) is 0. The van der Waals surface area contributed by atoms with Crippen LogP contribution in [0.2, 0.25) is 0 Å². The molecule has 0 aliphatic carbocycles. The molecule has 0 fully saturated rings. The number of anilines is 2. The monoisotopic (exact) mass is 580 g/mol. The van der Waals surface area contributed by atoms with E-state index in [0.717, 1.165) is 22.3 Å². The molecule has 1 unspecified atom stereocenters. The van der Waals surface area contributed by atoms with Crippen molar-refractivity contribution in [3.63, 3.8) is 0 Å². The van der Waals surface area contributed by atoms with Crippen molar-refractivity contribution in [3.8, 4) is 0 Å². The maximum absolute atomic E-state index is 13.1. The van der Waals surface area contributed by atoms with E-state index < -0.39 is 5.54 Å². The lowest BCUT2D eigenvalue weighted by Gasteiger charge is -2.37. The highest BCUT2D eigenvalue weighted by molar-refractivity contribution is 6.00. The van der Waals surface area contributed by atoms with Crippen molar-refractivity contribution in [2.45, 2.75) is 25.4 Å². The first-order valence-electron chi connectivity index (χ1n) is 14.4. The number of carbonyl (C=O) groups excluding carboxylic acids is 2. The maximum atomic E-state index is 13.1. The minimum atomic E-state index is -0.943. The molecule has 3 amide bonds. The van der Waals surface area contributed by atoms with E-state index in [0.29, 0.717) is 22.5 Å². The minimum Gasteiger partial charge on any atom is -0.331 e. The number of urea groups is 1. The second-order valence-electron chi connectivity index (χ2n) is 10.6. The van der Waals surface area contributed by atoms with Crippen molar-refractivity contribution >= 4 is 34.5 Å². The van der Waals surface area contributed by atoms with Crippen LogP contribution in [0.3, 0.4) is 0 Å². The number of fused-ring (bicyclic) bond motifs is 1. The molecule has 0 radical (unpaired) electrons. The van der Waals surface area contributed by atoms with Crippen LogP contribution >= 0.6 is 0 Å². The molecule has 0 aliphatic rings. The molecule has 2 heterocycles. The van der Waals surface area contributed by atoms with E-state index in [-0.39, 0.29) is 18.0 Å². The molecule has 218 valence electrons. The van der Waals surface area contributed by atoms with Crippen LogP contribution in [0.25, 0.3) is 10.9 Å². The molecule has 0 aliphatic heterocycles. The van der Waals surface area contributed by atoms with Crippen molar-refractivity contribution in [2.24, 2.45) is 0 Å². The standard InChI is InChI=1S/C36H32N6O2/c1-25(27-15-7-3-8-16-27)38-35(44)40-33-23-32-31(24-37-33)34(39-26(2)43)41-42(32)36(28-17-9-4-10-18-28,29-19-11-5-12-20-29)30-21-13-6-14-22-30/h3-25H,1-2H3,(H,39,41,43)(H2,37,38,40,44). The number of nitrogens with zero attached hydrogens (tertiary/aromatic N) is 3. The van der Waals surface area contributed by atoms with Gasteiger partial charge in [-0.15, -0.1) is 0 Å². The van der Waals surface area contributed by atoms with Gasteiger partial charge in [0, 0.05) is 19.2 Å². The van der Waals surface area contributed by atoms with Crippen LogP contribution in [0, 0.1) is 0 Å². The Morgan fingerprint density at radius 2 is 1.23 bits per heavy atom. The van der Waals surface area contributed by atoms with Gasteiger partial charge in [-0.3, -0.25) is 10.1 Å². The predicted octanol–water partition coefficient (Wildman–Crippen LogP) is 7.11. The molecular formula is C36H32N6O2. The zero-order valence-electron chi connectivity index (χ0n) is 24.4. The smallest absolute Gasteiger partial charge is 0.320 e. The molecule has 6 rings (SSSR count). The van der Waals surface area contributed by atoms with E-state index >= 15 is 0 Å². The Kier molecular flexibility index (Phi) is 7.88. The van der Waals surface area contributed by atoms with Crippen LogP contribution in [0.15, 0.2) is 134 Å². The van der Waals surface area contributed by atoms with Gasteiger partial charge in [0.2, 0.25) is 5.91 Å². The summed E-state index contributed by atoms with van der Waals surface area (Å²) in [6.07, 6.45) is 1.63. The Labute approximate surface area is 255 Å². The lowest BCUT2D eigenvalue weighted by molar-refractivity contribution is -0.114. The Morgan fingerprint density at radius 1 is 0.727 bits per heavy atom. The van der Waals surface area contributed by atoms with Gasteiger partial charge in [-0.25, -0.2) is 14.5 Å². The van der Waals surface area contributed by atoms with Gasteiger partial charge in [-0.05, 0) is 29.2 Å². The Balaban J connectivity index is 1.54. The molecule has 8 heteroatoms. The first-order valence-corrected chi connectivity index (χ1v) is 14.4. The Bertz CT molecular complexity index is 1790. The lowest BCUT2D eigenvalue weighted by atomic mass is 9.77. The third-order valence-corrected chi connectivity index (χ3v) is 7.64. The van der Waals surface area contributed by atoms with Gasteiger partial charge in [0.25, 0.3) is 0 Å². The van der Waals surface area contributed by atoms with Crippen LogP contribution in [0.1, 0.15) is 42.1 Å². The maximum Gasteiger partial charge on any atom is 0.320 e. The number of hydrogen-bond acceptors (Lipinski definition) is 4. The van der Waals surface area contributed by atoms with Gasteiger partial charge in [-0.2, -0.15) is 5.10 Å². The second kappa shape index (κ2) is 12.2. The second-order valence-corrected chi connectivity index (χ2v) is 10.6. The zero-order valence-corrected chi connectivity index (χ0v) is 24.4.